The summed E-state index contributed by atoms with van der Waals surface area (Å²) in [5.41, 5.74) is 0.890. The number of rotatable bonds is 4. The Hall–Kier alpha value is -1.75. The lowest BCUT2D eigenvalue weighted by Gasteiger charge is -2.29. The number of benzene rings is 1. The van der Waals surface area contributed by atoms with Gasteiger partial charge in [-0.3, -0.25) is 9.59 Å². The fraction of sp³-hybridized carbons (Fsp3) is 0.579. The van der Waals surface area contributed by atoms with E-state index in [2.05, 4.69) is 12.2 Å². The maximum Gasteiger partial charge on any atom is 0.313 e. The average molecular weight is 366 g/mol. The van der Waals surface area contributed by atoms with Gasteiger partial charge in [-0.05, 0) is 48.9 Å². The van der Waals surface area contributed by atoms with Gasteiger partial charge in [-0.1, -0.05) is 31.4 Å². The normalized spacial score (nSPS) is 25.4. The van der Waals surface area contributed by atoms with Crippen molar-refractivity contribution in [3.63, 3.8) is 0 Å². The topological polar surface area (TPSA) is 64.6 Å². The van der Waals surface area contributed by atoms with Crippen LogP contribution in [0.15, 0.2) is 18.2 Å². The molecule has 1 aliphatic carbocycles. The molecule has 3 rings (SSSR count). The first kappa shape index (κ1) is 18.1. The lowest BCUT2D eigenvalue weighted by Crippen LogP contribution is -2.43. The number of fused-ring (bicyclic) bond motifs is 1. The van der Waals surface area contributed by atoms with Gasteiger partial charge in [0.1, 0.15) is 12.4 Å². The minimum absolute atomic E-state index is 0.187. The number of halogens is 1. The van der Waals surface area contributed by atoms with E-state index < -0.39 is 11.9 Å². The lowest BCUT2D eigenvalue weighted by molar-refractivity contribution is -0.154. The van der Waals surface area contributed by atoms with E-state index in [4.69, 9.17) is 21.1 Å². The minimum atomic E-state index is -0.410. The number of hydrogen-bond donors (Lipinski definition) is 1. The number of amides is 1. The SMILES string of the molecule is CC1CCCCC1NC(=O)COC(=O)C1COc2ccc(Cl)cc2C1. The summed E-state index contributed by atoms with van der Waals surface area (Å²) in [6.45, 7) is 2.17. The van der Waals surface area contributed by atoms with Crippen molar-refractivity contribution in [2.75, 3.05) is 13.2 Å². The minimum Gasteiger partial charge on any atom is -0.492 e. The second-order valence-corrected chi connectivity index (χ2v) is 7.44. The standard InChI is InChI=1S/C19H24ClNO4/c1-12-4-2-3-5-16(12)21-18(22)11-25-19(23)14-8-13-9-15(20)6-7-17(13)24-10-14/h6-7,9,12,14,16H,2-5,8,10-11H2,1H3,(H,21,22). The first-order valence-corrected chi connectivity index (χ1v) is 9.28. The molecule has 3 unspecified atom stereocenters. The van der Waals surface area contributed by atoms with Crippen molar-refractivity contribution in [2.45, 2.75) is 45.1 Å². The van der Waals surface area contributed by atoms with E-state index in [1.54, 1.807) is 18.2 Å². The molecule has 1 saturated carbocycles. The van der Waals surface area contributed by atoms with Gasteiger partial charge < -0.3 is 14.8 Å². The van der Waals surface area contributed by atoms with E-state index in [9.17, 15) is 9.59 Å². The van der Waals surface area contributed by atoms with Crippen molar-refractivity contribution in [3.8, 4) is 5.75 Å². The monoisotopic (exact) mass is 365 g/mol. The molecule has 1 fully saturated rings. The number of esters is 1. The quantitative estimate of drug-likeness (QED) is 0.832. The van der Waals surface area contributed by atoms with Gasteiger partial charge in [0.25, 0.3) is 5.91 Å². The molecule has 0 bridgehead atoms. The highest BCUT2D eigenvalue weighted by Crippen LogP contribution is 2.30. The van der Waals surface area contributed by atoms with Gasteiger partial charge in [-0.2, -0.15) is 0 Å². The third-order valence-electron chi connectivity index (χ3n) is 5.07. The molecule has 136 valence electrons. The van der Waals surface area contributed by atoms with Gasteiger partial charge in [0.05, 0.1) is 5.92 Å². The Labute approximate surface area is 153 Å². The van der Waals surface area contributed by atoms with Crippen molar-refractivity contribution < 1.29 is 19.1 Å². The maximum atomic E-state index is 12.2. The van der Waals surface area contributed by atoms with Crippen molar-refractivity contribution >= 4 is 23.5 Å². The summed E-state index contributed by atoms with van der Waals surface area (Å²) in [7, 11) is 0. The number of nitrogens with one attached hydrogen (secondary N) is 1. The molecule has 1 aliphatic heterocycles. The average Bonchev–Trinajstić information content (AvgIpc) is 2.61. The summed E-state index contributed by atoms with van der Waals surface area (Å²) in [4.78, 5) is 24.3. The Morgan fingerprint density at radius 2 is 2.12 bits per heavy atom. The predicted molar refractivity (Wildman–Crippen MR) is 94.7 cm³/mol. The zero-order valence-corrected chi connectivity index (χ0v) is 15.2. The highest BCUT2D eigenvalue weighted by Gasteiger charge is 2.28. The molecule has 0 saturated heterocycles. The molecule has 1 amide bonds. The fourth-order valence-corrected chi connectivity index (χ4v) is 3.74. The number of ether oxygens (including phenoxy) is 2. The molecule has 1 N–H and O–H groups in total. The van der Waals surface area contributed by atoms with Crippen LogP contribution in [-0.2, 0) is 20.7 Å². The zero-order valence-electron chi connectivity index (χ0n) is 14.4. The Morgan fingerprint density at radius 1 is 1.32 bits per heavy atom. The van der Waals surface area contributed by atoms with Gasteiger partial charge in [0.2, 0.25) is 0 Å². The molecule has 0 aromatic heterocycles. The van der Waals surface area contributed by atoms with Crippen LogP contribution in [0.2, 0.25) is 5.02 Å². The first-order chi connectivity index (χ1) is 12.0. The fourth-order valence-electron chi connectivity index (χ4n) is 3.55. The van der Waals surface area contributed by atoms with Gasteiger partial charge >= 0.3 is 5.97 Å². The molecule has 0 radical (unpaired) electrons. The van der Waals surface area contributed by atoms with Crippen LogP contribution < -0.4 is 10.1 Å². The van der Waals surface area contributed by atoms with Crippen molar-refractivity contribution in [1.29, 1.82) is 0 Å². The number of carbonyl (C=O) groups excluding carboxylic acids is 2. The van der Waals surface area contributed by atoms with E-state index >= 15 is 0 Å². The van der Waals surface area contributed by atoms with Crippen LogP contribution in [0.4, 0.5) is 0 Å². The summed E-state index contributed by atoms with van der Waals surface area (Å²) < 4.78 is 10.8. The highest BCUT2D eigenvalue weighted by molar-refractivity contribution is 6.30. The molecule has 1 aromatic carbocycles. The Kier molecular flexibility index (Phi) is 5.84. The van der Waals surface area contributed by atoms with Crippen LogP contribution in [0, 0.1) is 11.8 Å². The summed E-state index contributed by atoms with van der Waals surface area (Å²) in [5, 5.41) is 3.59. The van der Waals surface area contributed by atoms with Gasteiger partial charge in [0.15, 0.2) is 6.61 Å². The van der Waals surface area contributed by atoms with E-state index in [0.29, 0.717) is 17.4 Å². The molecular weight excluding hydrogens is 342 g/mol. The summed E-state index contributed by atoms with van der Waals surface area (Å²) in [5.74, 6) is 0.177. The third-order valence-corrected chi connectivity index (χ3v) is 5.30. The molecular formula is C19H24ClNO4. The summed E-state index contributed by atoms with van der Waals surface area (Å²) >= 11 is 5.99. The molecule has 3 atom stereocenters. The van der Waals surface area contributed by atoms with Gasteiger partial charge in [0, 0.05) is 11.1 Å². The van der Waals surface area contributed by atoms with Crippen LogP contribution >= 0.6 is 11.6 Å². The van der Waals surface area contributed by atoms with Crippen LogP contribution in [-0.4, -0.2) is 31.1 Å². The highest BCUT2D eigenvalue weighted by atomic mass is 35.5. The van der Waals surface area contributed by atoms with Crippen LogP contribution in [0.5, 0.6) is 5.75 Å². The van der Waals surface area contributed by atoms with Gasteiger partial charge in [-0.15, -0.1) is 0 Å². The number of carbonyl (C=O) groups is 2. The van der Waals surface area contributed by atoms with Crippen LogP contribution in [0.25, 0.3) is 0 Å². The second-order valence-electron chi connectivity index (χ2n) is 7.01. The molecule has 5 nitrogen and oxygen atoms in total. The first-order valence-electron chi connectivity index (χ1n) is 8.90. The zero-order chi connectivity index (χ0) is 17.8. The van der Waals surface area contributed by atoms with Crippen molar-refractivity contribution in [1.82, 2.24) is 5.32 Å². The Bertz CT molecular complexity index is 648. The molecule has 1 aromatic rings. The predicted octanol–water partition coefficient (Wildman–Crippen LogP) is 3.13. The third kappa shape index (κ3) is 4.66. The van der Waals surface area contributed by atoms with Crippen molar-refractivity contribution in [2.24, 2.45) is 11.8 Å². The number of hydrogen-bond acceptors (Lipinski definition) is 4. The van der Waals surface area contributed by atoms with Crippen molar-refractivity contribution in [3.05, 3.63) is 28.8 Å². The smallest absolute Gasteiger partial charge is 0.313 e. The largest absolute Gasteiger partial charge is 0.492 e. The Morgan fingerprint density at radius 3 is 2.92 bits per heavy atom. The Balaban J connectivity index is 1.47. The summed E-state index contributed by atoms with van der Waals surface area (Å²) in [6, 6.07) is 5.55. The van der Waals surface area contributed by atoms with E-state index in [0.717, 1.165) is 30.6 Å². The van der Waals surface area contributed by atoms with Crippen LogP contribution in [0.1, 0.15) is 38.2 Å². The van der Waals surface area contributed by atoms with E-state index in [-0.39, 0.29) is 25.2 Å². The van der Waals surface area contributed by atoms with Gasteiger partial charge in [-0.25, -0.2) is 0 Å². The molecule has 25 heavy (non-hydrogen) atoms. The molecule has 6 heteroatoms. The van der Waals surface area contributed by atoms with E-state index in [1.165, 1.54) is 6.42 Å². The molecule has 1 heterocycles. The molecule has 0 spiro atoms. The maximum absolute atomic E-state index is 12.2. The second kappa shape index (κ2) is 8.09. The van der Waals surface area contributed by atoms with E-state index in [1.807, 2.05) is 0 Å². The van der Waals surface area contributed by atoms with Crippen LogP contribution in [0.3, 0.4) is 0 Å². The molecule has 2 aliphatic rings. The summed E-state index contributed by atoms with van der Waals surface area (Å²) in [6.07, 6.45) is 4.99. The lowest BCUT2D eigenvalue weighted by atomic mass is 9.86.